The van der Waals surface area contributed by atoms with Gasteiger partial charge in [-0.2, -0.15) is 5.10 Å². The number of hydrogen-bond acceptors (Lipinski definition) is 6. The molecule has 0 saturated carbocycles. The lowest BCUT2D eigenvalue weighted by molar-refractivity contribution is -0.118. The Morgan fingerprint density at radius 2 is 1.74 bits per heavy atom. The van der Waals surface area contributed by atoms with E-state index in [4.69, 9.17) is 25.8 Å². The number of methoxy groups -OCH3 is 1. The third kappa shape index (κ3) is 6.98. The second-order valence-electron chi connectivity index (χ2n) is 6.89. The van der Waals surface area contributed by atoms with Gasteiger partial charge in [-0.25, -0.2) is 5.43 Å². The molecule has 8 nitrogen and oxygen atoms in total. The molecule has 3 rings (SSSR count). The summed E-state index contributed by atoms with van der Waals surface area (Å²) in [6.45, 7) is 2.16. The van der Waals surface area contributed by atoms with Gasteiger partial charge in [0.25, 0.3) is 11.8 Å². The molecule has 0 spiro atoms. The van der Waals surface area contributed by atoms with Crippen LogP contribution in [0.3, 0.4) is 0 Å². The van der Waals surface area contributed by atoms with Crippen molar-refractivity contribution < 1.29 is 23.8 Å². The molecule has 0 unspecified atom stereocenters. The van der Waals surface area contributed by atoms with Crippen LogP contribution in [0.2, 0.25) is 5.02 Å². The minimum absolute atomic E-state index is 0.191. The highest BCUT2D eigenvalue weighted by Gasteiger charge is 2.11. The van der Waals surface area contributed by atoms with E-state index in [1.165, 1.54) is 13.3 Å². The van der Waals surface area contributed by atoms with Gasteiger partial charge in [-0.15, -0.1) is 0 Å². The van der Waals surface area contributed by atoms with Crippen LogP contribution in [0.15, 0.2) is 71.8 Å². The number of carbonyl (C=O) groups excluding carboxylic acids is 2. The normalized spacial score (nSPS) is 10.6. The number of benzene rings is 3. The van der Waals surface area contributed by atoms with Crippen LogP contribution in [0.1, 0.15) is 22.8 Å². The Morgan fingerprint density at radius 1 is 0.971 bits per heavy atom. The van der Waals surface area contributed by atoms with E-state index in [1.807, 2.05) is 25.1 Å². The van der Waals surface area contributed by atoms with Gasteiger partial charge in [-0.05, 0) is 61.0 Å². The maximum atomic E-state index is 12.4. The van der Waals surface area contributed by atoms with Crippen LogP contribution in [0.4, 0.5) is 5.69 Å². The zero-order chi connectivity index (χ0) is 24.3. The maximum Gasteiger partial charge on any atom is 0.271 e. The fourth-order valence-corrected chi connectivity index (χ4v) is 3.13. The molecule has 34 heavy (non-hydrogen) atoms. The van der Waals surface area contributed by atoms with E-state index in [0.717, 1.165) is 0 Å². The average Bonchev–Trinajstić information content (AvgIpc) is 2.84. The summed E-state index contributed by atoms with van der Waals surface area (Å²) in [5, 5.41) is 7.00. The van der Waals surface area contributed by atoms with Crippen molar-refractivity contribution in [1.29, 1.82) is 0 Å². The Morgan fingerprint density at radius 3 is 2.44 bits per heavy atom. The van der Waals surface area contributed by atoms with Crippen LogP contribution < -0.4 is 25.0 Å². The lowest BCUT2D eigenvalue weighted by Gasteiger charge is -2.10. The van der Waals surface area contributed by atoms with Gasteiger partial charge in [0.1, 0.15) is 5.75 Å². The number of nitrogens with zero attached hydrogens (tertiary/aromatic N) is 1. The molecular formula is C25H24ClN3O5. The number of anilines is 1. The van der Waals surface area contributed by atoms with Crippen LogP contribution in [-0.2, 0) is 4.79 Å². The second kappa shape index (κ2) is 12.3. The smallest absolute Gasteiger partial charge is 0.271 e. The van der Waals surface area contributed by atoms with Gasteiger partial charge in [-0.1, -0.05) is 29.8 Å². The first-order valence-corrected chi connectivity index (χ1v) is 10.8. The standard InChI is InChI=1S/C25H24ClN3O5/c1-3-33-22-12-10-18(14-23(22)32-2)25(31)29-27-15-17-9-11-21(20(26)13-17)34-16-24(30)28-19-7-5-4-6-8-19/h4-15H,3,16H2,1-2H3,(H,28,30)(H,29,31)/b27-15+. The number of hydrazone groups is 1. The maximum absolute atomic E-state index is 12.4. The van der Waals surface area contributed by atoms with Gasteiger partial charge in [0, 0.05) is 11.3 Å². The van der Waals surface area contributed by atoms with Crippen molar-refractivity contribution in [2.45, 2.75) is 6.92 Å². The van der Waals surface area contributed by atoms with Crippen LogP contribution in [0, 0.1) is 0 Å². The average molecular weight is 482 g/mol. The SMILES string of the molecule is CCOc1ccc(C(=O)N/N=C/c2ccc(OCC(=O)Nc3ccccc3)c(Cl)c2)cc1OC. The molecule has 0 aliphatic carbocycles. The van der Waals surface area contributed by atoms with E-state index in [2.05, 4.69) is 15.8 Å². The van der Waals surface area contributed by atoms with Crippen molar-refractivity contribution in [2.75, 3.05) is 25.6 Å². The Labute approximate surface area is 202 Å². The van der Waals surface area contributed by atoms with Gasteiger partial charge in [0.2, 0.25) is 0 Å². The predicted octanol–water partition coefficient (Wildman–Crippen LogP) is 4.53. The molecule has 0 radical (unpaired) electrons. The Hall–Kier alpha value is -4.04. The van der Waals surface area contributed by atoms with Crippen molar-refractivity contribution in [1.82, 2.24) is 5.43 Å². The summed E-state index contributed by atoms with van der Waals surface area (Å²) in [6.07, 6.45) is 1.45. The van der Waals surface area contributed by atoms with Gasteiger partial charge in [0.05, 0.1) is 25.0 Å². The highest BCUT2D eigenvalue weighted by molar-refractivity contribution is 6.32. The molecule has 2 N–H and O–H groups in total. The third-order valence-corrected chi connectivity index (χ3v) is 4.77. The zero-order valence-electron chi connectivity index (χ0n) is 18.7. The second-order valence-corrected chi connectivity index (χ2v) is 7.30. The number of para-hydroxylation sites is 1. The first-order chi connectivity index (χ1) is 16.5. The number of hydrogen-bond donors (Lipinski definition) is 2. The lowest BCUT2D eigenvalue weighted by Crippen LogP contribution is -2.20. The lowest BCUT2D eigenvalue weighted by atomic mass is 10.2. The molecule has 0 aromatic heterocycles. The molecule has 3 aromatic rings. The fraction of sp³-hybridized carbons (Fsp3) is 0.160. The summed E-state index contributed by atoms with van der Waals surface area (Å²) < 4.78 is 16.2. The van der Waals surface area contributed by atoms with Gasteiger partial charge in [-0.3, -0.25) is 9.59 Å². The highest BCUT2D eigenvalue weighted by Crippen LogP contribution is 2.28. The van der Waals surface area contributed by atoms with E-state index in [1.54, 1.807) is 48.5 Å². The molecule has 0 aliphatic heterocycles. The van der Waals surface area contributed by atoms with Gasteiger partial charge < -0.3 is 19.5 Å². The summed E-state index contributed by atoms with van der Waals surface area (Å²) in [7, 11) is 1.50. The molecule has 0 heterocycles. The molecular weight excluding hydrogens is 458 g/mol. The number of amides is 2. The fourth-order valence-electron chi connectivity index (χ4n) is 2.89. The molecule has 9 heteroatoms. The van der Waals surface area contributed by atoms with E-state index in [0.29, 0.717) is 45.7 Å². The van der Waals surface area contributed by atoms with Crippen LogP contribution in [0.5, 0.6) is 17.2 Å². The predicted molar refractivity (Wildman–Crippen MR) is 131 cm³/mol. The molecule has 0 atom stereocenters. The van der Waals surface area contributed by atoms with Crippen LogP contribution in [-0.4, -0.2) is 38.4 Å². The van der Waals surface area contributed by atoms with Crippen LogP contribution in [0.25, 0.3) is 0 Å². The van der Waals surface area contributed by atoms with Crippen molar-refractivity contribution in [3.63, 3.8) is 0 Å². The number of nitrogens with one attached hydrogen (secondary N) is 2. The summed E-state index contributed by atoms with van der Waals surface area (Å²) in [6, 6.07) is 18.9. The number of ether oxygens (including phenoxy) is 3. The number of halogens is 1. The van der Waals surface area contributed by atoms with Crippen LogP contribution >= 0.6 is 11.6 Å². The van der Waals surface area contributed by atoms with Crippen molar-refractivity contribution in [3.05, 3.63) is 82.9 Å². The van der Waals surface area contributed by atoms with Crippen molar-refractivity contribution in [2.24, 2.45) is 5.10 Å². The third-order valence-electron chi connectivity index (χ3n) is 4.48. The van der Waals surface area contributed by atoms with Crippen molar-refractivity contribution in [3.8, 4) is 17.2 Å². The topological polar surface area (TPSA) is 98.3 Å². The molecule has 0 saturated heterocycles. The highest BCUT2D eigenvalue weighted by atomic mass is 35.5. The Kier molecular flexibility index (Phi) is 8.88. The quantitative estimate of drug-likeness (QED) is 0.327. The van der Waals surface area contributed by atoms with Gasteiger partial charge in [0.15, 0.2) is 18.1 Å². The number of rotatable bonds is 10. The molecule has 0 bridgehead atoms. The summed E-state index contributed by atoms with van der Waals surface area (Å²) in [5.74, 6) is 0.653. The first-order valence-electron chi connectivity index (χ1n) is 10.4. The van der Waals surface area contributed by atoms with E-state index in [9.17, 15) is 9.59 Å². The van der Waals surface area contributed by atoms with Crippen molar-refractivity contribution >= 4 is 35.3 Å². The van der Waals surface area contributed by atoms with E-state index >= 15 is 0 Å². The van der Waals surface area contributed by atoms with E-state index in [-0.39, 0.29) is 12.5 Å². The Balaban J connectivity index is 1.54. The minimum Gasteiger partial charge on any atom is -0.493 e. The molecule has 3 aromatic carbocycles. The Bertz CT molecular complexity index is 1170. The van der Waals surface area contributed by atoms with E-state index < -0.39 is 5.91 Å². The summed E-state index contributed by atoms with van der Waals surface area (Å²) >= 11 is 6.25. The minimum atomic E-state index is -0.409. The number of carbonyl (C=O) groups is 2. The largest absolute Gasteiger partial charge is 0.493 e. The molecule has 0 aliphatic rings. The zero-order valence-corrected chi connectivity index (χ0v) is 19.5. The van der Waals surface area contributed by atoms with Gasteiger partial charge >= 0.3 is 0 Å². The molecule has 176 valence electrons. The first kappa shape index (κ1) is 24.6. The monoisotopic (exact) mass is 481 g/mol. The molecule has 2 amide bonds. The summed E-state index contributed by atoms with van der Waals surface area (Å²) in [4.78, 5) is 24.4. The summed E-state index contributed by atoms with van der Waals surface area (Å²) in [5.41, 5.74) is 4.14. The molecule has 0 fully saturated rings.